The van der Waals surface area contributed by atoms with E-state index < -0.39 is 34.8 Å². The summed E-state index contributed by atoms with van der Waals surface area (Å²) < 4.78 is 57.8. The molecule has 0 saturated carbocycles. The molecule has 27 heavy (non-hydrogen) atoms. The smallest absolute Gasteiger partial charge is 0.346 e. The van der Waals surface area contributed by atoms with E-state index in [4.69, 9.17) is 4.74 Å². The molecular formula is C20H10F4O3. The van der Waals surface area contributed by atoms with Crippen molar-refractivity contribution in [1.29, 1.82) is 0 Å². The Hall–Kier alpha value is -3.48. The van der Waals surface area contributed by atoms with Gasteiger partial charge in [0.05, 0.1) is 0 Å². The van der Waals surface area contributed by atoms with Crippen molar-refractivity contribution in [3.63, 3.8) is 0 Å². The second-order valence-corrected chi connectivity index (χ2v) is 5.46. The Bertz CT molecular complexity index is 1020. The molecule has 0 saturated heterocycles. The molecule has 0 aliphatic carbocycles. The highest BCUT2D eigenvalue weighted by atomic mass is 19.2. The van der Waals surface area contributed by atoms with Crippen molar-refractivity contribution in [2.24, 2.45) is 0 Å². The molecule has 136 valence electrons. The van der Waals surface area contributed by atoms with E-state index in [1.165, 1.54) is 24.3 Å². The van der Waals surface area contributed by atoms with E-state index in [1.807, 2.05) is 0 Å². The van der Waals surface area contributed by atoms with Crippen molar-refractivity contribution in [3.05, 3.63) is 101 Å². The fourth-order valence-electron chi connectivity index (χ4n) is 2.31. The second kappa shape index (κ2) is 7.41. The number of esters is 1. The van der Waals surface area contributed by atoms with E-state index in [0.29, 0.717) is 11.1 Å². The fraction of sp³-hybridized carbons (Fsp3) is 0. The number of hydrogen-bond donors (Lipinski definition) is 0. The minimum absolute atomic E-state index is 0.0887. The molecule has 0 unspecified atom stereocenters. The summed E-state index contributed by atoms with van der Waals surface area (Å²) >= 11 is 0. The van der Waals surface area contributed by atoms with Gasteiger partial charge in [0.15, 0.2) is 29.1 Å². The molecule has 3 aromatic carbocycles. The van der Waals surface area contributed by atoms with E-state index >= 15 is 0 Å². The Labute approximate surface area is 150 Å². The zero-order valence-corrected chi connectivity index (χ0v) is 13.5. The van der Waals surface area contributed by atoms with Gasteiger partial charge < -0.3 is 4.74 Å². The molecule has 0 fully saturated rings. The minimum Gasteiger partial charge on any atom is -0.423 e. The van der Waals surface area contributed by atoms with Gasteiger partial charge in [-0.1, -0.05) is 30.3 Å². The van der Waals surface area contributed by atoms with Crippen LogP contribution in [0.1, 0.15) is 26.3 Å². The molecule has 0 bridgehead atoms. The summed E-state index contributed by atoms with van der Waals surface area (Å²) in [6.45, 7) is 0. The summed E-state index contributed by atoms with van der Waals surface area (Å²) in [5.41, 5.74) is -0.316. The Morgan fingerprint density at radius 2 is 1.30 bits per heavy atom. The zero-order chi connectivity index (χ0) is 19.6. The summed E-state index contributed by atoms with van der Waals surface area (Å²) in [5, 5.41) is 0. The number of halogens is 4. The van der Waals surface area contributed by atoms with Gasteiger partial charge in [-0.25, -0.2) is 22.4 Å². The van der Waals surface area contributed by atoms with Gasteiger partial charge in [-0.3, -0.25) is 4.79 Å². The quantitative estimate of drug-likeness (QED) is 0.166. The predicted molar refractivity (Wildman–Crippen MR) is 87.5 cm³/mol. The molecule has 0 radical (unpaired) electrons. The molecule has 0 aliphatic rings. The van der Waals surface area contributed by atoms with Gasteiger partial charge in [0.1, 0.15) is 11.3 Å². The van der Waals surface area contributed by atoms with E-state index in [9.17, 15) is 27.2 Å². The maximum absolute atomic E-state index is 13.6. The Balaban J connectivity index is 1.79. The minimum atomic E-state index is -2.11. The lowest BCUT2D eigenvalue weighted by atomic mass is 10.0. The number of benzene rings is 3. The average molecular weight is 374 g/mol. The van der Waals surface area contributed by atoms with Gasteiger partial charge in [0, 0.05) is 11.1 Å². The molecule has 3 rings (SSSR count). The van der Waals surface area contributed by atoms with Crippen molar-refractivity contribution >= 4 is 11.8 Å². The predicted octanol–water partition coefficient (Wildman–Crippen LogP) is 4.69. The standard InChI is InChI=1S/C20H10F4O3/c21-15-10-14(16(22)18(24)17(15)23)20(26)27-13-8-6-12(7-9-13)19(25)11-4-2-1-3-5-11/h1-10H. The van der Waals surface area contributed by atoms with Gasteiger partial charge in [-0.15, -0.1) is 0 Å². The first kappa shape index (κ1) is 18.3. The van der Waals surface area contributed by atoms with Crippen LogP contribution in [0.2, 0.25) is 0 Å². The Morgan fingerprint density at radius 1 is 0.704 bits per heavy atom. The molecule has 3 nitrogen and oxygen atoms in total. The first-order valence-corrected chi connectivity index (χ1v) is 7.63. The summed E-state index contributed by atoms with van der Waals surface area (Å²) in [4.78, 5) is 24.2. The van der Waals surface area contributed by atoms with Gasteiger partial charge in [-0.2, -0.15) is 0 Å². The van der Waals surface area contributed by atoms with Crippen LogP contribution in [-0.4, -0.2) is 11.8 Å². The zero-order valence-electron chi connectivity index (χ0n) is 13.5. The van der Waals surface area contributed by atoms with Crippen LogP contribution in [0, 0.1) is 23.3 Å². The molecule has 0 aliphatic heterocycles. The Morgan fingerprint density at radius 3 is 1.93 bits per heavy atom. The first-order chi connectivity index (χ1) is 12.9. The van der Waals surface area contributed by atoms with Crippen molar-refractivity contribution in [2.75, 3.05) is 0 Å². The van der Waals surface area contributed by atoms with Crippen LogP contribution in [0.25, 0.3) is 0 Å². The monoisotopic (exact) mass is 374 g/mol. The average Bonchev–Trinajstić information content (AvgIpc) is 2.69. The molecule has 3 aromatic rings. The number of hydrogen-bond acceptors (Lipinski definition) is 3. The van der Waals surface area contributed by atoms with Crippen LogP contribution in [0.4, 0.5) is 17.6 Å². The lowest BCUT2D eigenvalue weighted by Gasteiger charge is -2.07. The number of rotatable bonds is 4. The lowest BCUT2D eigenvalue weighted by molar-refractivity contribution is 0.0727. The lowest BCUT2D eigenvalue weighted by Crippen LogP contribution is -2.14. The van der Waals surface area contributed by atoms with E-state index in [0.717, 1.165) is 0 Å². The summed E-state index contributed by atoms with van der Waals surface area (Å²) in [6.07, 6.45) is 0. The topological polar surface area (TPSA) is 43.4 Å². The number of carbonyl (C=O) groups excluding carboxylic acids is 2. The van der Waals surface area contributed by atoms with Gasteiger partial charge in [0.2, 0.25) is 0 Å². The highest BCUT2D eigenvalue weighted by molar-refractivity contribution is 6.09. The van der Waals surface area contributed by atoms with Crippen molar-refractivity contribution in [1.82, 2.24) is 0 Å². The van der Waals surface area contributed by atoms with E-state index in [2.05, 4.69) is 0 Å². The summed E-state index contributed by atoms with van der Waals surface area (Å²) in [6, 6.07) is 13.9. The molecule has 0 aromatic heterocycles. The third-order valence-electron chi connectivity index (χ3n) is 3.69. The van der Waals surface area contributed by atoms with Gasteiger partial charge in [-0.05, 0) is 30.3 Å². The number of ether oxygens (including phenoxy) is 1. The van der Waals surface area contributed by atoms with Crippen molar-refractivity contribution in [3.8, 4) is 5.75 Å². The third kappa shape index (κ3) is 3.72. The molecule has 0 heterocycles. The maximum atomic E-state index is 13.6. The van der Waals surface area contributed by atoms with Crippen LogP contribution >= 0.6 is 0 Å². The number of carbonyl (C=O) groups is 2. The molecule has 0 N–H and O–H groups in total. The number of ketones is 1. The van der Waals surface area contributed by atoms with Gasteiger partial charge in [0.25, 0.3) is 0 Å². The molecule has 0 spiro atoms. The third-order valence-corrected chi connectivity index (χ3v) is 3.69. The van der Waals surface area contributed by atoms with Crippen molar-refractivity contribution < 1.29 is 31.9 Å². The van der Waals surface area contributed by atoms with Crippen molar-refractivity contribution in [2.45, 2.75) is 0 Å². The van der Waals surface area contributed by atoms with Gasteiger partial charge >= 0.3 is 5.97 Å². The maximum Gasteiger partial charge on any atom is 0.346 e. The molecule has 0 atom stereocenters. The Kier molecular flexibility index (Phi) is 5.03. The highest BCUT2D eigenvalue weighted by Crippen LogP contribution is 2.21. The van der Waals surface area contributed by atoms with Crippen LogP contribution in [0.15, 0.2) is 60.7 Å². The molecular weight excluding hydrogens is 364 g/mol. The SMILES string of the molecule is O=C(c1ccccc1)c1ccc(OC(=O)c2cc(F)c(F)c(F)c2F)cc1. The van der Waals surface area contributed by atoms with Crippen LogP contribution in [0.3, 0.4) is 0 Å². The van der Waals surface area contributed by atoms with Crippen LogP contribution < -0.4 is 4.74 Å². The highest BCUT2D eigenvalue weighted by Gasteiger charge is 2.24. The summed E-state index contributed by atoms with van der Waals surface area (Å²) in [7, 11) is 0. The largest absolute Gasteiger partial charge is 0.423 e. The fourth-order valence-corrected chi connectivity index (χ4v) is 2.31. The first-order valence-electron chi connectivity index (χ1n) is 7.63. The van der Waals surface area contributed by atoms with E-state index in [1.54, 1.807) is 30.3 Å². The molecule has 7 heteroatoms. The molecule has 0 amide bonds. The van der Waals surface area contributed by atoms with E-state index in [-0.39, 0.29) is 17.6 Å². The normalized spacial score (nSPS) is 10.5. The van der Waals surface area contributed by atoms with Crippen LogP contribution in [0.5, 0.6) is 5.75 Å². The van der Waals surface area contributed by atoms with Crippen LogP contribution in [-0.2, 0) is 0 Å². The summed E-state index contributed by atoms with van der Waals surface area (Å²) in [5.74, 6) is -9.46. The second-order valence-electron chi connectivity index (χ2n) is 5.46.